The van der Waals surface area contributed by atoms with E-state index in [9.17, 15) is 9.18 Å². The summed E-state index contributed by atoms with van der Waals surface area (Å²) in [6.07, 6.45) is 4.62. The lowest BCUT2D eigenvalue weighted by atomic mass is 10.0. The van der Waals surface area contributed by atoms with Crippen molar-refractivity contribution in [1.29, 1.82) is 0 Å². The van der Waals surface area contributed by atoms with Crippen LogP contribution >= 0.6 is 0 Å². The monoisotopic (exact) mass is 408 g/mol. The Labute approximate surface area is 174 Å². The van der Waals surface area contributed by atoms with Crippen molar-refractivity contribution < 1.29 is 14.4 Å². The van der Waals surface area contributed by atoms with Crippen molar-refractivity contribution in [2.45, 2.75) is 25.8 Å². The average molecular weight is 408 g/mol. The number of amides is 1. The van der Waals surface area contributed by atoms with E-state index in [-0.39, 0.29) is 11.6 Å². The van der Waals surface area contributed by atoms with Crippen LogP contribution in [0.3, 0.4) is 0 Å². The van der Waals surface area contributed by atoms with Gasteiger partial charge in [-0.25, -0.2) is 14.9 Å². The molecule has 1 fully saturated rings. The molecule has 30 heavy (non-hydrogen) atoms. The first kappa shape index (κ1) is 20.3. The van der Waals surface area contributed by atoms with E-state index in [1.165, 1.54) is 17.6 Å². The van der Waals surface area contributed by atoms with Gasteiger partial charge in [0.1, 0.15) is 11.6 Å². The van der Waals surface area contributed by atoms with Gasteiger partial charge < -0.3 is 9.47 Å². The number of rotatable bonds is 5. The highest BCUT2D eigenvalue weighted by molar-refractivity contribution is 5.91. The molecule has 1 saturated heterocycles. The summed E-state index contributed by atoms with van der Waals surface area (Å²) in [5, 5.41) is 8.66. The minimum atomic E-state index is -0.714. The quantitative estimate of drug-likeness (QED) is 0.380. The molecule has 6 nitrogen and oxygen atoms in total. The van der Waals surface area contributed by atoms with Gasteiger partial charge >= 0.3 is 0 Å². The van der Waals surface area contributed by atoms with Crippen LogP contribution in [0.15, 0.2) is 48.5 Å². The van der Waals surface area contributed by atoms with Crippen LogP contribution < -0.4 is 5.48 Å². The molecule has 2 N–H and O–H groups in total. The Morgan fingerprint density at radius 2 is 2.17 bits per heavy atom. The highest BCUT2D eigenvalue weighted by atomic mass is 19.1. The van der Waals surface area contributed by atoms with Gasteiger partial charge in [-0.1, -0.05) is 19.1 Å². The maximum absolute atomic E-state index is 14.3. The molecule has 1 amide bonds. The smallest absolute Gasteiger partial charge is 0.267 e. The third-order valence-electron chi connectivity index (χ3n) is 5.67. The summed E-state index contributed by atoms with van der Waals surface area (Å²) >= 11 is 0. The first-order valence-corrected chi connectivity index (χ1v) is 10.2. The fourth-order valence-electron chi connectivity index (χ4n) is 4.16. The van der Waals surface area contributed by atoms with E-state index in [0.717, 1.165) is 61.0 Å². The summed E-state index contributed by atoms with van der Waals surface area (Å²) in [4.78, 5) is 18.6. The van der Waals surface area contributed by atoms with Gasteiger partial charge in [0.05, 0.1) is 11.0 Å². The van der Waals surface area contributed by atoms with E-state index in [2.05, 4.69) is 22.5 Å². The van der Waals surface area contributed by atoms with E-state index >= 15 is 0 Å². The lowest BCUT2D eigenvalue weighted by Gasteiger charge is -2.33. The Morgan fingerprint density at radius 3 is 2.97 bits per heavy atom. The molecule has 4 rings (SSSR count). The standard InChI is InChI=1S/C23H25FN4O2/c1-2-27-13-5-6-18(15-27)28-21-8-4-3-7-20(21)25-23(28)17-9-11-19(24)16(14-17)10-12-22(29)26-30/h3-4,7-12,14,18,30H,2,5-6,13,15H2,1H3,(H,26,29)/b12-10+. The Morgan fingerprint density at radius 1 is 1.33 bits per heavy atom. The minimum Gasteiger partial charge on any atom is -0.320 e. The number of hydrogen-bond donors (Lipinski definition) is 2. The summed E-state index contributed by atoms with van der Waals surface area (Å²) in [6.45, 7) is 5.25. The fraction of sp³-hybridized carbons (Fsp3) is 0.304. The molecule has 2 aromatic carbocycles. The van der Waals surface area contributed by atoms with Crippen molar-refractivity contribution in [3.8, 4) is 11.4 Å². The molecule has 1 atom stereocenters. The van der Waals surface area contributed by atoms with Crippen LogP contribution in [0, 0.1) is 5.82 Å². The second-order valence-electron chi connectivity index (χ2n) is 7.53. The molecule has 0 radical (unpaired) electrons. The topological polar surface area (TPSA) is 70.4 Å². The number of piperidine rings is 1. The maximum atomic E-state index is 14.3. The fourth-order valence-corrected chi connectivity index (χ4v) is 4.16. The second-order valence-corrected chi connectivity index (χ2v) is 7.53. The van der Waals surface area contributed by atoms with Gasteiger partial charge in [0.15, 0.2) is 0 Å². The number of para-hydroxylation sites is 2. The number of fused-ring (bicyclic) bond motifs is 1. The van der Waals surface area contributed by atoms with E-state index in [1.54, 1.807) is 12.1 Å². The van der Waals surface area contributed by atoms with E-state index in [4.69, 9.17) is 10.2 Å². The third kappa shape index (κ3) is 3.99. The molecule has 156 valence electrons. The number of carbonyl (C=O) groups is 1. The van der Waals surface area contributed by atoms with Crippen LogP contribution in [0.25, 0.3) is 28.5 Å². The van der Waals surface area contributed by atoms with Crippen molar-refractivity contribution >= 4 is 23.0 Å². The molecule has 1 unspecified atom stereocenters. The summed E-state index contributed by atoms with van der Waals surface area (Å²) in [6, 6.07) is 13.1. The van der Waals surface area contributed by atoms with Crippen molar-refractivity contribution in [2.75, 3.05) is 19.6 Å². The van der Waals surface area contributed by atoms with Gasteiger partial charge in [-0.05, 0) is 62.3 Å². The number of benzene rings is 2. The predicted molar refractivity (Wildman–Crippen MR) is 114 cm³/mol. The molecule has 0 spiro atoms. The van der Waals surface area contributed by atoms with E-state index < -0.39 is 11.7 Å². The summed E-state index contributed by atoms with van der Waals surface area (Å²) < 4.78 is 16.6. The summed E-state index contributed by atoms with van der Waals surface area (Å²) in [5.41, 5.74) is 4.52. The van der Waals surface area contributed by atoms with Crippen LogP contribution in [0.4, 0.5) is 4.39 Å². The number of nitrogens with one attached hydrogen (secondary N) is 1. The molecule has 0 saturated carbocycles. The second kappa shape index (κ2) is 8.77. The largest absolute Gasteiger partial charge is 0.320 e. The van der Waals surface area contributed by atoms with Gasteiger partial charge in [0, 0.05) is 29.8 Å². The zero-order valence-corrected chi connectivity index (χ0v) is 16.9. The highest BCUT2D eigenvalue weighted by Gasteiger charge is 2.25. The normalized spacial score (nSPS) is 17.6. The summed E-state index contributed by atoms with van der Waals surface area (Å²) in [5.74, 6) is -0.368. The molecule has 1 aliphatic rings. The Kier molecular flexibility index (Phi) is 5.92. The number of hydrogen-bond acceptors (Lipinski definition) is 4. The van der Waals surface area contributed by atoms with E-state index in [1.807, 2.05) is 18.2 Å². The lowest BCUT2D eigenvalue weighted by molar-refractivity contribution is -0.124. The van der Waals surface area contributed by atoms with Crippen molar-refractivity contribution in [3.05, 3.63) is 59.9 Å². The van der Waals surface area contributed by atoms with Crippen LogP contribution in [-0.4, -0.2) is 45.2 Å². The number of likely N-dealkylation sites (N-methyl/N-ethyl adjacent to an activating group) is 1. The number of nitrogens with zero attached hydrogens (tertiary/aromatic N) is 3. The number of aromatic nitrogens is 2. The zero-order chi connectivity index (χ0) is 21.1. The number of hydroxylamine groups is 1. The predicted octanol–water partition coefficient (Wildman–Crippen LogP) is 4.02. The third-order valence-corrected chi connectivity index (χ3v) is 5.67. The molecule has 0 bridgehead atoms. The Bertz CT molecular complexity index is 1090. The Hall–Kier alpha value is -3.03. The first-order chi connectivity index (χ1) is 14.6. The van der Waals surface area contributed by atoms with Crippen molar-refractivity contribution in [3.63, 3.8) is 0 Å². The van der Waals surface area contributed by atoms with Gasteiger partial charge in [-0.2, -0.15) is 0 Å². The first-order valence-electron chi connectivity index (χ1n) is 10.2. The van der Waals surface area contributed by atoms with E-state index in [0.29, 0.717) is 0 Å². The molecule has 3 aromatic rings. The van der Waals surface area contributed by atoms with Gasteiger partial charge in [0.2, 0.25) is 0 Å². The van der Waals surface area contributed by atoms with Gasteiger partial charge in [-0.15, -0.1) is 0 Å². The summed E-state index contributed by atoms with van der Waals surface area (Å²) in [7, 11) is 0. The molecule has 1 aliphatic heterocycles. The van der Waals surface area contributed by atoms with Crippen LogP contribution in [0.5, 0.6) is 0 Å². The Balaban J connectivity index is 1.81. The number of imidazole rings is 1. The highest BCUT2D eigenvalue weighted by Crippen LogP contribution is 2.33. The van der Waals surface area contributed by atoms with Crippen LogP contribution in [-0.2, 0) is 4.79 Å². The van der Waals surface area contributed by atoms with Crippen molar-refractivity contribution in [2.24, 2.45) is 0 Å². The number of halogens is 1. The van der Waals surface area contributed by atoms with Crippen LogP contribution in [0.1, 0.15) is 31.4 Å². The average Bonchev–Trinajstić information content (AvgIpc) is 3.18. The van der Waals surface area contributed by atoms with Gasteiger partial charge in [-0.3, -0.25) is 10.0 Å². The van der Waals surface area contributed by atoms with Gasteiger partial charge in [0.25, 0.3) is 5.91 Å². The minimum absolute atomic E-state index is 0.258. The van der Waals surface area contributed by atoms with Crippen molar-refractivity contribution in [1.82, 2.24) is 19.9 Å². The lowest BCUT2D eigenvalue weighted by Crippen LogP contribution is -2.36. The maximum Gasteiger partial charge on any atom is 0.267 e. The number of carbonyl (C=O) groups excluding carboxylic acids is 1. The molecule has 0 aliphatic carbocycles. The molecule has 1 aromatic heterocycles. The molecule has 7 heteroatoms. The zero-order valence-electron chi connectivity index (χ0n) is 16.9. The SMILES string of the molecule is CCN1CCCC(n2c(-c3ccc(F)c(/C=C/C(=O)NO)c3)nc3ccccc32)C1. The molecular formula is C23H25FN4O2. The molecular weight excluding hydrogens is 383 g/mol. The van der Waals surface area contributed by atoms with Crippen LogP contribution in [0.2, 0.25) is 0 Å². The molecule has 2 heterocycles. The number of likely N-dealkylation sites (tertiary alicyclic amines) is 1.